The second-order valence-electron chi connectivity index (χ2n) is 9.43. The van der Waals surface area contributed by atoms with Gasteiger partial charge in [-0.25, -0.2) is 0 Å². The molecule has 0 radical (unpaired) electrons. The second-order valence-corrected chi connectivity index (χ2v) is 9.43. The fraction of sp³-hybridized carbons (Fsp3) is 0.682. The Kier molecular flexibility index (Phi) is 4.95. The van der Waals surface area contributed by atoms with Crippen molar-refractivity contribution >= 4 is 11.8 Å². The standard InChI is InChI=1S/C22H31N3O2/c1-14(2)19(20(26)24-13-18-5-3-4-6-23-18)25-21(27)22-10-15-7-16(11-22)9-17(8-15)12-22/h3-6,14-17,19H,7-13H2,1-2H3,(H,24,26)(H,25,27). The van der Waals surface area contributed by atoms with Crippen LogP contribution in [0.2, 0.25) is 0 Å². The van der Waals surface area contributed by atoms with Crippen LogP contribution in [0.25, 0.3) is 0 Å². The Morgan fingerprint density at radius 1 is 1.11 bits per heavy atom. The number of nitrogens with zero attached hydrogens (tertiary/aromatic N) is 1. The van der Waals surface area contributed by atoms with Gasteiger partial charge in [-0.2, -0.15) is 0 Å². The number of aromatic nitrogens is 1. The first-order valence-corrected chi connectivity index (χ1v) is 10.4. The molecule has 2 amide bonds. The summed E-state index contributed by atoms with van der Waals surface area (Å²) in [7, 11) is 0. The number of hydrogen-bond donors (Lipinski definition) is 2. The molecule has 4 fully saturated rings. The zero-order chi connectivity index (χ0) is 19.0. The molecule has 146 valence electrons. The number of nitrogens with one attached hydrogen (secondary N) is 2. The molecule has 1 heterocycles. The Bertz CT molecular complexity index is 665. The van der Waals surface area contributed by atoms with Crippen molar-refractivity contribution in [1.82, 2.24) is 15.6 Å². The lowest BCUT2D eigenvalue weighted by atomic mass is 9.49. The molecule has 4 aliphatic carbocycles. The van der Waals surface area contributed by atoms with E-state index in [9.17, 15) is 9.59 Å². The molecular formula is C22H31N3O2. The summed E-state index contributed by atoms with van der Waals surface area (Å²) >= 11 is 0. The van der Waals surface area contributed by atoms with Crippen molar-refractivity contribution in [2.75, 3.05) is 0 Å². The molecule has 0 aromatic carbocycles. The van der Waals surface area contributed by atoms with E-state index in [2.05, 4.69) is 15.6 Å². The molecule has 5 rings (SSSR count). The zero-order valence-corrected chi connectivity index (χ0v) is 16.4. The maximum atomic E-state index is 13.3. The van der Waals surface area contributed by atoms with Crippen LogP contribution in [0.5, 0.6) is 0 Å². The highest BCUT2D eigenvalue weighted by atomic mass is 16.2. The minimum atomic E-state index is -0.491. The Balaban J connectivity index is 1.40. The summed E-state index contributed by atoms with van der Waals surface area (Å²) in [6.45, 7) is 4.37. The van der Waals surface area contributed by atoms with E-state index in [1.807, 2.05) is 32.0 Å². The number of carbonyl (C=O) groups excluding carboxylic acids is 2. The first-order chi connectivity index (χ1) is 12.9. The quantitative estimate of drug-likeness (QED) is 0.810. The molecule has 2 N–H and O–H groups in total. The molecule has 4 bridgehead atoms. The summed E-state index contributed by atoms with van der Waals surface area (Å²) in [6, 6.07) is 5.16. The molecular weight excluding hydrogens is 338 g/mol. The van der Waals surface area contributed by atoms with E-state index >= 15 is 0 Å². The third-order valence-electron chi connectivity index (χ3n) is 6.93. The number of pyridine rings is 1. The predicted molar refractivity (Wildman–Crippen MR) is 103 cm³/mol. The van der Waals surface area contributed by atoms with Crippen LogP contribution in [0.1, 0.15) is 58.1 Å². The van der Waals surface area contributed by atoms with Crippen LogP contribution in [-0.2, 0) is 16.1 Å². The SMILES string of the molecule is CC(C)C(NC(=O)C12CC3CC(CC(C3)C1)C2)C(=O)NCc1ccccn1. The van der Waals surface area contributed by atoms with Gasteiger partial charge in [0, 0.05) is 11.6 Å². The van der Waals surface area contributed by atoms with Crippen LogP contribution in [0.15, 0.2) is 24.4 Å². The normalized spacial score (nSPS) is 32.3. The topological polar surface area (TPSA) is 71.1 Å². The van der Waals surface area contributed by atoms with Gasteiger partial charge in [-0.05, 0) is 74.3 Å². The van der Waals surface area contributed by atoms with E-state index < -0.39 is 6.04 Å². The van der Waals surface area contributed by atoms with Crippen molar-refractivity contribution in [1.29, 1.82) is 0 Å². The van der Waals surface area contributed by atoms with Gasteiger partial charge < -0.3 is 10.6 Å². The van der Waals surface area contributed by atoms with Gasteiger partial charge in [0.15, 0.2) is 0 Å². The van der Waals surface area contributed by atoms with Gasteiger partial charge in [-0.15, -0.1) is 0 Å². The fourth-order valence-corrected chi connectivity index (χ4v) is 6.01. The van der Waals surface area contributed by atoms with Gasteiger partial charge in [0.2, 0.25) is 11.8 Å². The molecule has 5 nitrogen and oxygen atoms in total. The molecule has 0 spiro atoms. The van der Waals surface area contributed by atoms with Crippen molar-refractivity contribution < 1.29 is 9.59 Å². The number of rotatable bonds is 6. The Morgan fingerprint density at radius 3 is 2.26 bits per heavy atom. The summed E-state index contributed by atoms with van der Waals surface area (Å²) in [5.74, 6) is 2.21. The summed E-state index contributed by atoms with van der Waals surface area (Å²) in [4.78, 5) is 30.3. The highest BCUT2D eigenvalue weighted by molar-refractivity contribution is 5.90. The number of hydrogen-bond acceptors (Lipinski definition) is 3. The van der Waals surface area contributed by atoms with Gasteiger partial charge in [0.1, 0.15) is 6.04 Å². The first-order valence-electron chi connectivity index (χ1n) is 10.4. The third-order valence-corrected chi connectivity index (χ3v) is 6.93. The fourth-order valence-electron chi connectivity index (χ4n) is 6.01. The Hall–Kier alpha value is -1.91. The summed E-state index contributed by atoms with van der Waals surface area (Å²) in [5.41, 5.74) is 0.601. The van der Waals surface area contributed by atoms with E-state index in [-0.39, 0.29) is 23.1 Å². The first kappa shape index (κ1) is 18.5. The van der Waals surface area contributed by atoms with Gasteiger partial charge in [0.25, 0.3) is 0 Å². The molecule has 1 unspecified atom stereocenters. The molecule has 0 saturated heterocycles. The van der Waals surface area contributed by atoms with Gasteiger partial charge in [-0.1, -0.05) is 19.9 Å². The zero-order valence-electron chi connectivity index (χ0n) is 16.4. The minimum absolute atomic E-state index is 0.0478. The minimum Gasteiger partial charge on any atom is -0.349 e. The summed E-state index contributed by atoms with van der Waals surface area (Å²) < 4.78 is 0. The molecule has 0 aliphatic heterocycles. The molecule has 1 aromatic heterocycles. The monoisotopic (exact) mass is 369 g/mol. The van der Waals surface area contributed by atoms with Crippen molar-refractivity contribution in [2.45, 2.75) is 65.0 Å². The van der Waals surface area contributed by atoms with E-state index in [0.717, 1.165) is 42.7 Å². The highest BCUT2D eigenvalue weighted by Crippen LogP contribution is 2.60. The smallest absolute Gasteiger partial charge is 0.243 e. The lowest BCUT2D eigenvalue weighted by Gasteiger charge is -2.55. The van der Waals surface area contributed by atoms with Gasteiger partial charge >= 0.3 is 0 Å². The van der Waals surface area contributed by atoms with Crippen LogP contribution < -0.4 is 10.6 Å². The van der Waals surface area contributed by atoms with Crippen molar-refractivity contribution in [3.05, 3.63) is 30.1 Å². The maximum Gasteiger partial charge on any atom is 0.243 e. The van der Waals surface area contributed by atoms with Crippen LogP contribution >= 0.6 is 0 Å². The summed E-state index contributed by atoms with van der Waals surface area (Å²) in [6.07, 6.45) is 8.71. The maximum absolute atomic E-state index is 13.3. The van der Waals surface area contributed by atoms with E-state index in [1.54, 1.807) is 6.20 Å². The van der Waals surface area contributed by atoms with Crippen molar-refractivity contribution in [3.63, 3.8) is 0 Å². The highest BCUT2D eigenvalue weighted by Gasteiger charge is 2.55. The van der Waals surface area contributed by atoms with E-state index in [4.69, 9.17) is 0 Å². The van der Waals surface area contributed by atoms with Crippen LogP contribution in [0, 0.1) is 29.1 Å². The average molecular weight is 370 g/mol. The van der Waals surface area contributed by atoms with Crippen molar-refractivity contribution in [3.8, 4) is 0 Å². The van der Waals surface area contributed by atoms with Crippen LogP contribution in [-0.4, -0.2) is 22.8 Å². The Morgan fingerprint density at radius 2 is 1.74 bits per heavy atom. The van der Waals surface area contributed by atoms with Gasteiger partial charge in [-0.3, -0.25) is 14.6 Å². The molecule has 5 heteroatoms. The van der Waals surface area contributed by atoms with E-state index in [1.165, 1.54) is 19.3 Å². The van der Waals surface area contributed by atoms with Gasteiger partial charge in [0.05, 0.1) is 12.2 Å². The molecule has 27 heavy (non-hydrogen) atoms. The molecule has 1 atom stereocenters. The van der Waals surface area contributed by atoms with Crippen LogP contribution in [0.4, 0.5) is 0 Å². The lowest BCUT2D eigenvalue weighted by Crippen LogP contribution is -2.58. The van der Waals surface area contributed by atoms with E-state index in [0.29, 0.717) is 6.54 Å². The average Bonchev–Trinajstić information content (AvgIpc) is 2.63. The lowest BCUT2D eigenvalue weighted by molar-refractivity contribution is -0.149. The van der Waals surface area contributed by atoms with Crippen LogP contribution in [0.3, 0.4) is 0 Å². The second kappa shape index (κ2) is 7.25. The molecule has 4 aliphatic rings. The molecule has 4 saturated carbocycles. The summed E-state index contributed by atoms with van der Waals surface area (Å²) in [5, 5.41) is 6.08. The Labute approximate surface area is 161 Å². The third kappa shape index (κ3) is 3.74. The number of carbonyl (C=O) groups is 2. The molecule has 1 aromatic rings. The van der Waals surface area contributed by atoms with Crippen molar-refractivity contribution in [2.24, 2.45) is 29.1 Å². The largest absolute Gasteiger partial charge is 0.349 e. The predicted octanol–water partition coefficient (Wildman–Crippen LogP) is 3.06. The number of amides is 2.